The number of aliphatic hydroxyl groups is 1. The van der Waals surface area contributed by atoms with Crippen LogP contribution in [0.25, 0.3) is 0 Å². The van der Waals surface area contributed by atoms with Gasteiger partial charge in [0.25, 0.3) is 0 Å². The molecule has 1 aliphatic rings. The SMILES string of the molecule is CO/N=C1/c2sccc2[C@@H](NC(=O)[C@@H](Cc2ccccc2)NC(=O)OC(C)(C)C)[C@H]1O. The number of carbonyl (C=O) groups excluding carboxylic acids is 2. The van der Waals surface area contributed by atoms with Crippen LogP contribution in [-0.4, -0.2) is 47.7 Å². The fourth-order valence-corrected chi connectivity index (χ4v) is 4.31. The summed E-state index contributed by atoms with van der Waals surface area (Å²) in [5, 5.41) is 22.0. The maximum absolute atomic E-state index is 13.2. The minimum absolute atomic E-state index is 0.268. The zero-order valence-electron chi connectivity index (χ0n) is 17.9. The van der Waals surface area contributed by atoms with Gasteiger partial charge >= 0.3 is 6.09 Å². The molecule has 1 aromatic carbocycles. The molecule has 2 amide bonds. The van der Waals surface area contributed by atoms with Crippen LogP contribution in [0, 0.1) is 0 Å². The van der Waals surface area contributed by atoms with Crippen LogP contribution in [0.1, 0.15) is 42.8 Å². The van der Waals surface area contributed by atoms with Crippen molar-refractivity contribution in [1.29, 1.82) is 0 Å². The van der Waals surface area contributed by atoms with Crippen molar-refractivity contribution < 1.29 is 24.3 Å². The van der Waals surface area contributed by atoms with E-state index in [4.69, 9.17) is 9.57 Å². The van der Waals surface area contributed by atoms with Crippen LogP contribution in [0.3, 0.4) is 0 Å². The highest BCUT2D eigenvalue weighted by atomic mass is 32.1. The summed E-state index contributed by atoms with van der Waals surface area (Å²) in [6.45, 7) is 5.26. The third kappa shape index (κ3) is 5.62. The molecule has 1 heterocycles. The first-order chi connectivity index (χ1) is 14.7. The van der Waals surface area contributed by atoms with Gasteiger partial charge in [0, 0.05) is 6.42 Å². The van der Waals surface area contributed by atoms with Crippen LogP contribution in [0.5, 0.6) is 0 Å². The van der Waals surface area contributed by atoms with Crippen molar-refractivity contribution in [3.05, 3.63) is 57.8 Å². The molecule has 0 unspecified atom stereocenters. The van der Waals surface area contributed by atoms with Crippen LogP contribution >= 0.6 is 11.3 Å². The predicted octanol–water partition coefficient (Wildman–Crippen LogP) is 2.77. The first-order valence-electron chi connectivity index (χ1n) is 9.90. The summed E-state index contributed by atoms with van der Waals surface area (Å²) in [7, 11) is 1.40. The van der Waals surface area contributed by atoms with Crippen molar-refractivity contribution in [2.24, 2.45) is 5.16 Å². The minimum atomic E-state index is -1.05. The van der Waals surface area contributed by atoms with E-state index in [0.717, 1.165) is 16.0 Å². The quantitative estimate of drug-likeness (QED) is 0.593. The number of nitrogens with one attached hydrogen (secondary N) is 2. The van der Waals surface area contributed by atoms with Gasteiger partial charge in [-0.05, 0) is 43.3 Å². The molecule has 3 N–H and O–H groups in total. The number of fused-ring (bicyclic) bond motifs is 1. The first kappa shape index (κ1) is 22.8. The molecule has 3 rings (SSSR count). The lowest BCUT2D eigenvalue weighted by atomic mass is 10.0. The van der Waals surface area contributed by atoms with Gasteiger partial charge in [-0.15, -0.1) is 11.3 Å². The number of ether oxygens (including phenoxy) is 1. The second kappa shape index (κ2) is 9.49. The molecule has 0 saturated carbocycles. The molecule has 0 bridgehead atoms. The number of benzene rings is 1. The second-order valence-corrected chi connectivity index (χ2v) is 9.10. The summed E-state index contributed by atoms with van der Waals surface area (Å²) in [4.78, 5) is 31.2. The van der Waals surface area contributed by atoms with E-state index in [1.165, 1.54) is 18.4 Å². The van der Waals surface area contributed by atoms with E-state index in [-0.39, 0.29) is 6.42 Å². The van der Waals surface area contributed by atoms with E-state index >= 15 is 0 Å². The van der Waals surface area contributed by atoms with Crippen molar-refractivity contribution in [2.45, 2.75) is 51.0 Å². The number of rotatable bonds is 6. The molecule has 0 radical (unpaired) electrons. The highest BCUT2D eigenvalue weighted by Gasteiger charge is 2.40. The summed E-state index contributed by atoms with van der Waals surface area (Å²) >= 11 is 1.41. The Morgan fingerprint density at radius 2 is 1.94 bits per heavy atom. The summed E-state index contributed by atoms with van der Waals surface area (Å²) in [5.74, 6) is -0.436. The Hall–Kier alpha value is -2.91. The van der Waals surface area contributed by atoms with E-state index in [1.54, 1.807) is 20.8 Å². The molecule has 1 aliphatic carbocycles. The summed E-state index contributed by atoms with van der Waals surface area (Å²) in [6, 6.07) is 9.61. The largest absolute Gasteiger partial charge is 0.444 e. The van der Waals surface area contributed by atoms with Gasteiger partial charge in [0.15, 0.2) is 0 Å². The van der Waals surface area contributed by atoms with Crippen LogP contribution in [0.4, 0.5) is 4.79 Å². The zero-order chi connectivity index (χ0) is 22.6. The lowest BCUT2D eigenvalue weighted by Crippen LogP contribution is -2.51. The van der Waals surface area contributed by atoms with Crippen molar-refractivity contribution in [3.8, 4) is 0 Å². The monoisotopic (exact) mass is 445 g/mol. The molecule has 0 spiro atoms. The van der Waals surface area contributed by atoms with Crippen LogP contribution in [-0.2, 0) is 20.8 Å². The van der Waals surface area contributed by atoms with Gasteiger partial charge < -0.3 is 25.3 Å². The summed E-state index contributed by atoms with van der Waals surface area (Å²) in [6.07, 6.45) is -1.47. The lowest BCUT2D eigenvalue weighted by molar-refractivity contribution is -0.124. The molecule has 166 valence electrons. The van der Waals surface area contributed by atoms with Gasteiger partial charge in [-0.25, -0.2) is 4.79 Å². The average molecular weight is 446 g/mol. The third-order valence-corrected chi connectivity index (χ3v) is 5.59. The Morgan fingerprint density at radius 3 is 2.58 bits per heavy atom. The number of aliphatic hydroxyl groups excluding tert-OH is 1. The molecule has 1 aromatic heterocycles. The molecule has 2 aromatic rings. The fourth-order valence-electron chi connectivity index (χ4n) is 3.35. The van der Waals surface area contributed by atoms with E-state index in [2.05, 4.69) is 15.8 Å². The van der Waals surface area contributed by atoms with Crippen LogP contribution in [0.2, 0.25) is 0 Å². The molecule has 3 atom stereocenters. The number of amides is 2. The van der Waals surface area contributed by atoms with Gasteiger partial charge in [0.1, 0.15) is 30.6 Å². The first-order valence-corrected chi connectivity index (χ1v) is 10.8. The third-order valence-electron chi connectivity index (χ3n) is 4.64. The van der Waals surface area contributed by atoms with E-state index < -0.39 is 35.8 Å². The standard InChI is InChI=1S/C22H27N3O5S/c1-22(2,3)30-21(28)23-15(12-13-8-6-5-7-9-13)20(27)24-16-14-10-11-31-19(14)17(18(16)26)25-29-4/h5-11,15-16,18,26H,12H2,1-4H3,(H,23,28)(H,24,27)/b25-17+/t15-,16-,18-/m1/s1. The number of carbonyl (C=O) groups is 2. The number of alkyl carbamates (subject to hydrolysis) is 1. The number of nitrogens with zero attached hydrogens (tertiary/aromatic N) is 1. The van der Waals surface area contributed by atoms with Gasteiger partial charge in [-0.2, -0.15) is 0 Å². The van der Waals surface area contributed by atoms with E-state index in [9.17, 15) is 14.7 Å². The van der Waals surface area contributed by atoms with Crippen LogP contribution in [0.15, 0.2) is 46.9 Å². The van der Waals surface area contributed by atoms with E-state index in [0.29, 0.717) is 5.71 Å². The molecule has 9 heteroatoms. The Kier molecular flexibility index (Phi) is 6.97. The van der Waals surface area contributed by atoms with E-state index in [1.807, 2.05) is 41.8 Å². The zero-order valence-corrected chi connectivity index (χ0v) is 18.7. The molecule has 0 fully saturated rings. The number of hydrogen-bond acceptors (Lipinski definition) is 7. The van der Waals surface area contributed by atoms with Gasteiger partial charge in [-0.1, -0.05) is 35.5 Å². The number of hydrogen-bond donors (Lipinski definition) is 3. The Labute approximate surface area is 185 Å². The van der Waals surface area contributed by atoms with Crippen molar-refractivity contribution >= 4 is 29.0 Å². The maximum atomic E-state index is 13.2. The topological polar surface area (TPSA) is 109 Å². The highest BCUT2D eigenvalue weighted by molar-refractivity contribution is 7.12. The molecule has 0 saturated heterocycles. The molecule has 31 heavy (non-hydrogen) atoms. The highest BCUT2D eigenvalue weighted by Crippen LogP contribution is 2.36. The average Bonchev–Trinajstić information content (AvgIpc) is 3.25. The van der Waals surface area contributed by atoms with Gasteiger partial charge in [0.2, 0.25) is 5.91 Å². The summed E-state index contributed by atoms with van der Waals surface area (Å²) in [5.41, 5.74) is 1.31. The molecule has 8 nitrogen and oxygen atoms in total. The van der Waals surface area contributed by atoms with Gasteiger partial charge in [0.05, 0.1) is 10.9 Å². The Morgan fingerprint density at radius 1 is 1.23 bits per heavy atom. The Balaban J connectivity index is 1.79. The summed E-state index contributed by atoms with van der Waals surface area (Å²) < 4.78 is 5.33. The molecular formula is C22H27N3O5S. The lowest BCUT2D eigenvalue weighted by Gasteiger charge is -2.25. The van der Waals surface area contributed by atoms with Crippen molar-refractivity contribution in [3.63, 3.8) is 0 Å². The van der Waals surface area contributed by atoms with Crippen LogP contribution < -0.4 is 10.6 Å². The maximum Gasteiger partial charge on any atom is 0.408 e. The minimum Gasteiger partial charge on any atom is -0.444 e. The van der Waals surface area contributed by atoms with Gasteiger partial charge in [-0.3, -0.25) is 4.79 Å². The molecular weight excluding hydrogens is 418 g/mol. The van der Waals surface area contributed by atoms with Crippen molar-refractivity contribution in [1.82, 2.24) is 10.6 Å². The predicted molar refractivity (Wildman–Crippen MR) is 118 cm³/mol. The second-order valence-electron chi connectivity index (χ2n) is 8.18. The number of oxime groups is 1. The normalized spacial score (nSPS) is 20.1. The molecule has 0 aliphatic heterocycles. The number of thiophene rings is 1. The fraction of sp³-hybridized carbons (Fsp3) is 0.409. The smallest absolute Gasteiger partial charge is 0.408 e. The Bertz CT molecular complexity index is 952. The van der Waals surface area contributed by atoms with Crippen molar-refractivity contribution in [2.75, 3.05) is 7.11 Å².